The largest absolute Gasteiger partial charge is 0.496 e. The number of hydrogen-bond donors (Lipinski definition) is 1. The molecule has 1 N–H and O–H groups in total. The molecule has 1 aromatic carbocycles. The van der Waals surface area contributed by atoms with Crippen LogP contribution in [0.15, 0.2) is 24.3 Å². The summed E-state index contributed by atoms with van der Waals surface area (Å²) < 4.78 is 27.7. The summed E-state index contributed by atoms with van der Waals surface area (Å²) >= 11 is 0. The first-order chi connectivity index (χ1) is 8.33. The fourth-order valence-electron chi connectivity index (χ4n) is 2.04. The number of methoxy groups -OCH3 is 1. The van der Waals surface area contributed by atoms with Gasteiger partial charge in [0, 0.05) is 23.9 Å². The SMILES string of the molecule is COc1ccccc1[C@H](C)NC(C)CS(C)(=O)=O. The van der Waals surface area contributed by atoms with Gasteiger partial charge in [0.15, 0.2) is 0 Å². The summed E-state index contributed by atoms with van der Waals surface area (Å²) in [5.74, 6) is 0.941. The molecule has 0 aliphatic heterocycles. The summed E-state index contributed by atoms with van der Waals surface area (Å²) in [7, 11) is -1.33. The molecular formula is C13H21NO3S. The Bertz CT molecular complexity index is 485. The molecule has 1 unspecified atom stereocenters. The molecule has 0 radical (unpaired) electrons. The van der Waals surface area contributed by atoms with Gasteiger partial charge >= 0.3 is 0 Å². The average Bonchev–Trinajstić information content (AvgIpc) is 2.26. The number of ether oxygens (including phenoxy) is 1. The molecule has 1 aromatic rings. The third-order valence-electron chi connectivity index (χ3n) is 2.69. The second-order valence-corrected chi connectivity index (χ2v) is 6.81. The number of rotatable bonds is 6. The normalized spacial score (nSPS) is 15.1. The highest BCUT2D eigenvalue weighted by molar-refractivity contribution is 7.90. The first-order valence-electron chi connectivity index (χ1n) is 5.90. The van der Waals surface area contributed by atoms with Gasteiger partial charge in [0.1, 0.15) is 15.6 Å². The van der Waals surface area contributed by atoms with Gasteiger partial charge in [-0.25, -0.2) is 8.42 Å². The summed E-state index contributed by atoms with van der Waals surface area (Å²) in [4.78, 5) is 0. The van der Waals surface area contributed by atoms with Crippen molar-refractivity contribution in [1.82, 2.24) is 5.32 Å². The molecule has 102 valence electrons. The van der Waals surface area contributed by atoms with Crippen molar-refractivity contribution < 1.29 is 13.2 Å². The minimum Gasteiger partial charge on any atom is -0.496 e. The molecule has 0 amide bonds. The molecule has 4 nitrogen and oxygen atoms in total. The van der Waals surface area contributed by atoms with Crippen molar-refractivity contribution in [1.29, 1.82) is 0 Å². The van der Waals surface area contributed by atoms with Crippen LogP contribution in [0.25, 0.3) is 0 Å². The van der Waals surface area contributed by atoms with Gasteiger partial charge in [-0.1, -0.05) is 18.2 Å². The monoisotopic (exact) mass is 271 g/mol. The quantitative estimate of drug-likeness (QED) is 0.857. The molecular weight excluding hydrogens is 250 g/mol. The Hall–Kier alpha value is -1.07. The topological polar surface area (TPSA) is 55.4 Å². The van der Waals surface area contributed by atoms with Crippen LogP contribution in [0.4, 0.5) is 0 Å². The Morgan fingerprint density at radius 3 is 2.44 bits per heavy atom. The van der Waals surface area contributed by atoms with Crippen LogP contribution in [0, 0.1) is 0 Å². The minimum atomic E-state index is -2.96. The third kappa shape index (κ3) is 4.66. The molecule has 1 rings (SSSR count). The van der Waals surface area contributed by atoms with E-state index >= 15 is 0 Å². The molecule has 0 aliphatic rings. The van der Waals surface area contributed by atoms with Crippen LogP contribution in [0.3, 0.4) is 0 Å². The van der Waals surface area contributed by atoms with Gasteiger partial charge in [0.2, 0.25) is 0 Å². The van der Waals surface area contributed by atoms with Crippen molar-refractivity contribution in [3.05, 3.63) is 29.8 Å². The van der Waals surface area contributed by atoms with Crippen molar-refractivity contribution in [2.45, 2.75) is 25.9 Å². The standard InChI is InChI=1S/C13H21NO3S/c1-10(9-18(4,15)16)14-11(2)12-7-5-6-8-13(12)17-3/h5-8,10-11,14H,9H2,1-4H3/t10?,11-/m0/s1. The first kappa shape index (κ1) is 15.0. The maximum Gasteiger partial charge on any atom is 0.148 e. The van der Waals surface area contributed by atoms with Gasteiger partial charge < -0.3 is 10.1 Å². The smallest absolute Gasteiger partial charge is 0.148 e. The summed E-state index contributed by atoms with van der Waals surface area (Å²) in [6, 6.07) is 7.67. The number of nitrogens with one attached hydrogen (secondary N) is 1. The highest BCUT2D eigenvalue weighted by Crippen LogP contribution is 2.24. The second kappa shape index (κ2) is 6.20. The van der Waals surface area contributed by atoms with Gasteiger partial charge in [0.05, 0.1) is 12.9 Å². The molecule has 5 heteroatoms. The Morgan fingerprint density at radius 1 is 1.28 bits per heavy atom. The van der Waals surface area contributed by atoms with Crippen molar-refractivity contribution in [2.24, 2.45) is 0 Å². The third-order valence-corrected chi connectivity index (χ3v) is 3.80. The zero-order valence-electron chi connectivity index (χ0n) is 11.3. The van der Waals surface area contributed by atoms with Gasteiger partial charge in [-0.3, -0.25) is 0 Å². The molecule has 0 aliphatic carbocycles. The van der Waals surface area contributed by atoms with E-state index in [0.29, 0.717) is 0 Å². The Kier molecular flexibility index (Phi) is 5.16. The van der Waals surface area contributed by atoms with E-state index in [2.05, 4.69) is 5.32 Å². The van der Waals surface area contributed by atoms with Crippen molar-refractivity contribution >= 4 is 9.84 Å². The Balaban J connectivity index is 2.73. The van der Waals surface area contributed by atoms with E-state index in [-0.39, 0.29) is 17.8 Å². The number of para-hydroxylation sites is 1. The van der Waals surface area contributed by atoms with E-state index in [9.17, 15) is 8.42 Å². The van der Waals surface area contributed by atoms with Crippen LogP contribution < -0.4 is 10.1 Å². The Morgan fingerprint density at radius 2 is 1.89 bits per heavy atom. The summed E-state index contributed by atoms with van der Waals surface area (Å²) in [5, 5.41) is 3.27. The fraction of sp³-hybridized carbons (Fsp3) is 0.538. The lowest BCUT2D eigenvalue weighted by Crippen LogP contribution is -2.34. The molecule has 0 saturated carbocycles. The second-order valence-electron chi connectivity index (χ2n) is 4.62. The van der Waals surface area contributed by atoms with Crippen molar-refractivity contribution in [3.63, 3.8) is 0 Å². The molecule has 0 saturated heterocycles. The van der Waals surface area contributed by atoms with E-state index < -0.39 is 9.84 Å². The van der Waals surface area contributed by atoms with E-state index in [4.69, 9.17) is 4.74 Å². The van der Waals surface area contributed by atoms with Gasteiger partial charge in [-0.2, -0.15) is 0 Å². The highest BCUT2D eigenvalue weighted by atomic mass is 32.2. The highest BCUT2D eigenvalue weighted by Gasteiger charge is 2.16. The molecule has 0 spiro atoms. The van der Waals surface area contributed by atoms with Crippen molar-refractivity contribution in [3.8, 4) is 5.75 Å². The zero-order chi connectivity index (χ0) is 13.8. The minimum absolute atomic E-state index is 0.0397. The lowest BCUT2D eigenvalue weighted by atomic mass is 10.1. The lowest BCUT2D eigenvalue weighted by molar-refractivity contribution is 0.398. The van der Waals surface area contributed by atoms with Crippen LogP contribution in [0.5, 0.6) is 5.75 Å². The molecule has 0 fully saturated rings. The van der Waals surface area contributed by atoms with Gasteiger partial charge in [-0.05, 0) is 19.9 Å². The van der Waals surface area contributed by atoms with Crippen LogP contribution in [-0.2, 0) is 9.84 Å². The van der Waals surface area contributed by atoms with Crippen LogP contribution >= 0.6 is 0 Å². The molecule has 0 heterocycles. The van der Waals surface area contributed by atoms with Crippen molar-refractivity contribution in [2.75, 3.05) is 19.1 Å². The van der Waals surface area contributed by atoms with Crippen LogP contribution in [0.2, 0.25) is 0 Å². The van der Waals surface area contributed by atoms with Gasteiger partial charge in [0.25, 0.3) is 0 Å². The first-order valence-corrected chi connectivity index (χ1v) is 7.96. The van der Waals surface area contributed by atoms with E-state index in [0.717, 1.165) is 11.3 Å². The fourth-order valence-corrected chi connectivity index (χ4v) is 3.05. The average molecular weight is 271 g/mol. The number of hydrogen-bond acceptors (Lipinski definition) is 4. The molecule has 18 heavy (non-hydrogen) atoms. The molecule has 2 atom stereocenters. The maximum absolute atomic E-state index is 11.2. The summed E-state index contributed by atoms with van der Waals surface area (Å²) in [6.45, 7) is 3.86. The molecule has 0 aromatic heterocycles. The van der Waals surface area contributed by atoms with Crippen LogP contribution in [-0.4, -0.2) is 33.6 Å². The van der Waals surface area contributed by atoms with E-state index in [1.54, 1.807) is 7.11 Å². The number of sulfone groups is 1. The zero-order valence-corrected chi connectivity index (χ0v) is 12.1. The molecule has 0 bridgehead atoms. The van der Waals surface area contributed by atoms with E-state index in [1.165, 1.54) is 6.26 Å². The predicted octanol–water partition coefficient (Wildman–Crippen LogP) is 1.78. The van der Waals surface area contributed by atoms with E-state index in [1.807, 2.05) is 38.1 Å². The summed E-state index contributed by atoms with van der Waals surface area (Å²) in [5.41, 5.74) is 1.03. The maximum atomic E-state index is 11.2. The lowest BCUT2D eigenvalue weighted by Gasteiger charge is -2.21. The van der Waals surface area contributed by atoms with Crippen LogP contribution in [0.1, 0.15) is 25.5 Å². The Labute approximate surface area is 109 Å². The predicted molar refractivity (Wildman–Crippen MR) is 73.7 cm³/mol. The van der Waals surface area contributed by atoms with Gasteiger partial charge in [-0.15, -0.1) is 0 Å². The number of benzene rings is 1. The summed E-state index contributed by atoms with van der Waals surface area (Å²) in [6.07, 6.45) is 1.25.